The number of pyridine rings is 1. The van der Waals surface area contributed by atoms with Crippen LogP contribution in [0.5, 0.6) is 5.88 Å². The number of nitrogens with one attached hydrogen (secondary N) is 1. The van der Waals surface area contributed by atoms with Crippen LogP contribution in [0.15, 0.2) is 36.5 Å². The molecule has 1 amide bonds. The first kappa shape index (κ1) is 18.2. The van der Waals surface area contributed by atoms with Crippen molar-refractivity contribution in [2.75, 3.05) is 44.8 Å². The Kier molecular flexibility index (Phi) is 6.08. The lowest BCUT2D eigenvalue weighted by Crippen LogP contribution is -2.38. The van der Waals surface area contributed by atoms with Crippen LogP contribution in [0.4, 0.5) is 14.5 Å². The van der Waals surface area contributed by atoms with Crippen molar-refractivity contribution in [2.45, 2.75) is 0 Å². The Morgan fingerprint density at radius 2 is 2.04 bits per heavy atom. The quantitative estimate of drug-likeness (QED) is 0.853. The maximum atomic E-state index is 13.6. The van der Waals surface area contributed by atoms with Gasteiger partial charge in [0.05, 0.1) is 30.7 Å². The number of benzene rings is 1. The van der Waals surface area contributed by atoms with Gasteiger partial charge >= 0.3 is 0 Å². The van der Waals surface area contributed by atoms with E-state index in [1.165, 1.54) is 6.20 Å². The molecule has 1 fully saturated rings. The van der Waals surface area contributed by atoms with Gasteiger partial charge in [0.2, 0.25) is 5.88 Å². The first-order valence-corrected chi connectivity index (χ1v) is 8.27. The van der Waals surface area contributed by atoms with Crippen molar-refractivity contribution in [3.63, 3.8) is 0 Å². The van der Waals surface area contributed by atoms with Gasteiger partial charge in [-0.3, -0.25) is 9.69 Å². The van der Waals surface area contributed by atoms with Crippen LogP contribution in [0.25, 0.3) is 0 Å². The number of rotatable bonds is 6. The predicted octanol–water partition coefficient (Wildman–Crippen LogP) is 2.32. The number of carbonyl (C=O) groups excluding carboxylic acids is 1. The Balaban J connectivity index is 1.50. The van der Waals surface area contributed by atoms with Crippen molar-refractivity contribution in [1.29, 1.82) is 0 Å². The molecule has 0 saturated carbocycles. The van der Waals surface area contributed by atoms with E-state index < -0.39 is 17.5 Å². The highest BCUT2D eigenvalue weighted by atomic mass is 19.1. The van der Waals surface area contributed by atoms with Crippen molar-refractivity contribution in [2.24, 2.45) is 0 Å². The van der Waals surface area contributed by atoms with Crippen LogP contribution < -0.4 is 10.1 Å². The average Bonchev–Trinajstić information content (AvgIpc) is 2.66. The van der Waals surface area contributed by atoms with Crippen LogP contribution in [0.2, 0.25) is 0 Å². The molecule has 0 aliphatic carbocycles. The number of nitrogens with zero attached hydrogens (tertiary/aromatic N) is 2. The summed E-state index contributed by atoms with van der Waals surface area (Å²) in [6.45, 7) is 4.52. The van der Waals surface area contributed by atoms with Crippen LogP contribution >= 0.6 is 0 Å². The molecule has 1 N–H and O–H groups in total. The zero-order valence-electron chi connectivity index (χ0n) is 14.1. The van der Waals surface area contributed by atoms with Crippen LogP contribution in [0, 0.1) is 11.6 Å². The number of hydrogen-bond donors (Lipinski definition) is 1. The number of halogens is 2. The zero-order chi connectivity index (χ0) is 18.4. The minimum Gasteiger partial charge on any atom is -0.476 e. The Morgan fingerprint density at radius 3 is 2.77 bits per heavy atom. The van der Waals surface area contributed by atoms with E-state index in [0.29, 0.717) is 18.2 Å². The molecule has 1 aromatic carbocycles. The Morgan fingerprint density at radius 1 is 1.23 bits per heavy atom. The highest BCUT2D eigenvalue weighted by molar-refractivity contribution is 6.04. The molecule has 0 spiro atoms. The van der Waals surface area contributed by atoms with Gasteiger partial charge in [0.1, 0.15) is 18.2 Å². The van der Waals surface area contributed by atoms with Crippen LogP contribution in [0.1, 0.15) is 10.4 Å². The summed E-state index contributed by atoms with van der Waals surface area (Å²) in [4.78, 5) is 18.4. The molecule has 0 radical (unpaired) electrons. The van der Waals surface area contributed by atoms with Crippen LogP contribution in [-0.2, 0) is 4.74 Å². The van der Waals surface area contributed by atoms with Gasteiger partial charge in [-0.25, -0.2) is 13.8 Å². The molecular weight excluding hydrogens is 344 g/mol. The van der Waals surface area contributed by atoms with Crippen molar-refractivity contribution in [1.82, 2.24) is 9.88 Å². The average molecular weight is 363 g/mol. The SMILES string of the molecule is O=C(Nc1ccc(OCCN2CCOCC2)nc1)c1cc(F)ccc1F. The fourth-order valence-corrected chi connectivity index (χ4v) is 2.51. The van der Waals surface area contributed by atoms with E-state index >= 15 is 0 Å². The first-order valence-electron chi connectivity index (χ1n) is 8.27. The molecular formula is C18H19F2N3O3. The molecule has 138 valence electrons. The van der Waals surface area contributed by atoms with Crippen molar-refractivity contribution < 1.29 is 23.0 Å². The monoisotopic (exact) mass is 363 g/mol. The van der Waals surface area contributed by atoms with Gasteiger partial charge in [0.15, 0.2) is 0 Å². The lowest BCUT2D eigenvalue weighted by atomic mass is 10.2. The summed E-state index contributed by atoms with van der Waals surface area (Å²) in [6, 6.07) is 5.91. The van der Waals surface area contributed by atoms with E-state index in [4.69, 9.17) is 9.47 Å². The normalized spacial score (nSPS) is 14.8. The van der Waals surface area contributed by atoms with Gasteiger partial charge in [-0.05, 0) is 24.3 Å². The molecule has 8 heteroatoms. The highest BCUT2D eigenvalue weighted by Gasteiger charge is 2.13. The van der Waals surface area contributed by atoms with E-state index in [2.05, 4.69) is 15.2 Å². The molecule has 1 aliphatic heterocycles. The number of hydrogen-bond acceptors (Lipinski definition) is 5. The summed E-state index contributed by atoms with van der Waals surface area (Å²) in [5.74, 6) is -1.79. The first-order chi connectivity index (χ1) is 12.6. The second kappa shape index (κ2) is 8.68. The smallest absolute Gasteiger partial charge is 0.258 e. The summed E-state index contributed by atoms with van der Waals surface area (Å²) in [5.41, 5.74) is -0.00460. The molecule has 3 rings (SSSR count). The number of anilines is 1. The molecule has 0 unspecified atom stereocenters. The molecule has 6 nitrogen and oxygen atoms in total. The van der Waals surface area contributed by atoms with E-state index in [9.17, 15) is 13.6 Å². The number of morpholine rings is 1. The van der Waals surface area contributed by atoms with Crippen LogP contribution in [-0.4, -0.2) is 55.2 Å². The Bertz CT molecular complexity index is 750. The lowest BCUT2D eigenvalue weighted by Gasteiger charge is -2.26. The maximum Gasteiger partial charge on any atom is 0.258 e. The number of aromatic nitrogens is 1. The fourth-order valence-electron chi connectivity index (χ4n) is 2.51. The predicted molar refractivity (Wildman–Crippen MR) is 91.3 cm³/mol. The number of carbonyl (C=O) groups is 1. The molecule has 0 bridgehead atoms. The topological polar surface area (TPSA) is 63.7 Å². The summed E-state index contributed by atoms with van der Waals surface area (Å²) in [6.07, 6.45) is 1.40. The second-order valence-electron chi connectivity index (χ2n) is 5.77. The zero-order valence-corrected chi connectivity index (χ0v) is 14.1. The summed E-state index contributed by atoms with van der Waals surface area (Å²) in [7, 11) is 0. The largest absolute Gasteiger partial charge is 0.476 e. The van der Waals surface area contributed by atoms with Crippen molar-refractivity contribution >= 4 is 11.6 Å². The molecule has 26 heavy (non-hydrogen) atoms. The molecule has 1 saturated heterocycles. The van der Waals surface area contributed by atoms with E-state index in [1.54, 1.807) is 12.1 Å². The van der Waals surface area contributed by atoms with E-state index in [1.807, 2.05) is 0 Å². The van der Waals surface area contributed by atoms with Gasteiger partial charge in [0, 0.05) is 25.7 Å². The van der Waals surface area contributed by atoms with Crippen molar-refractivity contribution in [3.05, 3.63) is 53.7 Å². The minimum atomic E-state index is -0.792. The maximum absolute atomic E-state index is 13.6. The molecule has 1 aliphatic rings. The third-order valence-corrected chi connectivity index (χ3v) is 3.93. The number of amides is 1. The van der Waals surface area contributed by atoms with Gasteiger partial charge in [0.25, 0.3) is 5.91 Å². The van der Waals surface area contributed by atoms with E-state index in [0.717, 1.165) is 51.0 Å². The summed E-state index contributed by atoms with van der Waals surface area (Å²) >= 11 is 0. The molecule has 1 aromatic heterocycles. The Labute approximate surface area is 149 Å². The summed E-state index contributed by atoms with van der Waals surface area (Å²) < 4.78 is 37.6. The van der Waals surface area contributed by atoms with Gasteiger partial charge in [-0.1, -0.05) is 0 Å². The third kappa shape index (κ3) is 4.96. The van der Waals surface area contributed by atoms with Gasteiger partial charge in [-0.2, -0.15) is 0 Å². The molecule has 2 heterocycles. The van der Waals surface area contributed by atoms with Gasteiger partial charge in [-0.15, -0.1) is 0 Å². The fraction of sp³-hybridized carbons (Fsp3) is 0.333. The van der Waals surface area contributed by atoms with E-state index in [-0.39, 0.29) is 5.56 Å². The highest BCUT2D eigenvalue weighted by Crippen LogP contribution is 2.15. The standard InChI is InChI=1S/C18H19F2N3O3/c19-13-1-3-16(20)15(11-13)18(24)22-14-2-4-17(21-12-14)26-10-7-23-5-8-25-9-6-23/h1-4,11-12H,5-10H2,(H,22,24). The van der Waals surface area contributed by atoms with Gasteiger partial charge < -0.3 is 14.8 Å². The third-order valence-electron chi connectivity index (χ3n) is 3.93. The summed E-state index contributed by atoms with van der Waals surface area (Å²) in [5, 5.41) is 2.48. The minimum absolute atomic E-state index is 0.360. The Hall–Kier alpha value is -2.58. The van der Waals surface area contributed by atoms with Crippen molar-refractivity contribution in [3.8, 4) is 5.88 Å². The number of ether oxygens (including phenoxy) is 2. The second-order valence-corrected chi connectivity index (χ2v) is 5.77. The van der Waals surface area contributed by atoms with Crippen LogP contribution in [0.3, 0.4) is 0 Å². The lowest BCUT2D eigenvalue weighted by molar-refractivity contribution is 0.0320. The molecule has 0 atom stereocenters. The molecule has 2 aromatic rings.